The number of alkyl halides is 3. The number of hydrogen-bond acceptors (Lipinski definition) is 0. The van der Waals surface area contributed by atoms with E-state index in [1.807, 2.05) is 0 Å². The molecule has 0 aliphatic rings. The maximum atomic E-state index is 10.5. The molecule has 0 nitrogen and oxygen atoms in total. The first-order valence-corrected chi connectivity index (χ1v) is 1.07. The van der Waals surface area contributed by atoms with E-state index in [1.54, 1.807) is 0 Å². The van der Waals surface area contributed by atoms with Crippen molar-refractivity contribution in [3.8, 4) is 5.92 Å². The molecule has 0 aromatic heterocycles. The van der Waals surface area contributed by atoms with E-state index in [-0.39, 0.29) is 18.9 Å². The van der Waals surface area contributed by atoms with E-state index >= 15 is 0 Å². The summed E-state index contributed by atoms with van der Waals surface area (Å²) in [5.41, 5.74) is 0. The predicted molar refractivity (Wildman–Crippen MR) is 13.2 cm³/mol. The molecule has 0 amide bonds. The minimum absolute atomic E-state index is 0. The molecule has 0 aliphatic carbocycles. The van der Waals surface area contributed by atoms with Crippen LogP contribution in [0.3, 0.4) is 0 Å². The van der Waals surface area contributed by atoms with Gasteiger partial charge in [0.15, 0.2) is 0 Å². The first kappa shape index (κ1) is 10.0. The van der Waals surface area contributed by atoms with Crippen LogP contribution in [-0.4, -0.2) is 6.18 Å². The summed E-state index contributed by atoms with van der Waals surface area (Å²) in [7, 11) is 0. The van der Waals surface area contributed by atoms with Crippen molar-refractivity contribution in [3.63, 3.8) is 0 Å². The Morgan fingerprint density at radius 1 is 1.29 bits per heavy atom. The SMILES string of the molecule is [C-]#CC(F)(F)F.[Li+]. The van der Waals surface area contributed by atoms with Gasteiger partial charge >= 0.3 is 25.0 Å². The molecule has 0 unspecified atom stereocenters. The minimum atomic E-state index is -4.54. The van der Waals surface area contributed by atoms with E-state index in [4.69, 9.17) is 6.42 Å². The Hall–Kier alpha value is -0.0526. The van der Waals surface area contributed by atoms with Crippen molar-refractivity contribution in [2.75, 3.05) is 0 Å². The molecule has 0 rings (SSSR count). The van der Waals surface area contributed by atoms with E-state index < -0.39 is 6.18 Å². The van der Waals surface area contributed by atoms with Gasteiger partial charge in [0.05, 0.1) is 0 Å². The molecule has 0 N–H and O–H groups in total. The molecule has 0 fully saturated rings. The smallest absolute Gasteiger partial charge is 0.685 e. The Labute approximate surface area is 51.3 Å². The van der Waals surface area contributed by atoms with Gasteiger partial charge < -0.3 is 6.42 Å². The van der Waals surface area contributed by atoms with Crippen LogP contribution in [0.1, 0.15) is 0 Å². The monoisotopic (exact) mass is 100 g/mol. The van der Waals surface area contributed by atoms with Gasteiger partial charge in [-0.1, -0.05) is 0 Å². The summed E-state index contributed by atoms with van der Waals surface area (Å²) in [6.45, 7) is 0. The summed E-state index contributed by atoms with van der Waals surface area (Å²) in [6, 6.07) is 0. The average molecular weight is 100.0 g/mol. The maximum absolute atomic E-state index is 10.5. The number of rotatable bonds is 0. The third kappa shape index (κ3) is 10.7. The van der Waals surface area contributed by atoms with Crippen LogP contribution in [0.4, 0.5) is 13.2 Å². The van der Waals surface area contributed by atoms with Crippen molar-refractivity contribution >= 4 is 0 Å². The zero-order valence-electron chi connectivity index (χ0n) is 3.63. The van der Waals surface area contributed by atoms with Crippen molar-refractivity contribution in [2.24, 2.45) is 0 Å². The normalized spacial score (nSPS) is 8.86. The standard InChI is InChI=1S/C3F3.Li/c1-2-3(4,5)6;/q-1;+1. The molecule has 4 heteroatoms. The van der Waals surface area contributed by atoms with E-state index in [9.17, 15) is 13.2 Å². The second-order valence-electron chi connectivity index (χ2n) is 0.623. The third-order valence-corrected chi connectivity index (χ3v) is 0.142. The van der Waals surface area contributed by atoms with Crippen molar-refractivity contribution < 1.29 is 32.0 Å². The predicted octanol–water partition coefficient (Wildman–Crippen LogP) is -1.86. The Kier molecular flexibility index (Phi) is 4.33. The van der Waals surface area contributed by atoms with Crippen LogP contribution in [0.25, 0.3) is 0 Å². The Balaban J connectivity index is 0. The molecule has 0 heterocycles. The molecular weight excluding hydrogens is 100.0 g/mol. The first-order valence-electron chi connectivity index (χ1n) is 1.07. The van der Waals surface area contributed by atoms with Crippen LogP contribution >= 0.6 is 0 Å². The fourth-order valence-electron chi connectivity index (χ4n) is 0. The summed E-state index contributed by atoms with van der Waals surface area (Å²) in [5, 5.41) is 0. The second-order valence-corrected chi connectivity index (χ2v) is 0.623. The van der Waals surface area contributed by atoms with Gasteiger partial charge in [-0.15, -0.1) is 0 Å². The Morgan fingerprint density at radius 2 is 1.43 bits per heavy atom. The molecule has 0 atom stereocenters. The van der Waals surface area contributed by atoms with Crippen molar-refractivity contribution in [3.05, 3.63) is 6.42 Å². The van der Waals surface area contributed by atoms with Gasteiger partial charge in [-0.25, -0.2) is 5.92 Å². The summed E-state index contributed by atoms with van der Waals surface area (Å²) in [5.74, 6) is 0.354. The van der Waals surface area contributed by atoms with Crippen LogP contribution in [-0.2, 0) is 0 Å². The number of hydrogen-bond donors (Lipinski definition) is 0. The van der Waals surface area contributed by atoms with Gasteiger partial charge in [-0.3, -0.25) is 0 Å². The first-order chi connectivity index (χ1) is 2.56. The second kappa shape index (κ2) is 3.02. The molecule has 0 bridgehead atoms. The van der Waals surface area contributed by atoms with Crippen molar-refractivity contribution in [1.29, 1.82) is 0 Å². The molecule has 34 valence electrons. The van der Waals surface area contributed by atoms with Crippen LogP contribution < -0.4 is 18.9 Å². The summed E-state index contributed by atoms with van der Waals surface area (Å²) >= 11 is 0. The van der Waals surface area contributed by atoms with E-state index in [2.05, 4.69) is 0 Å². The maximum Gasteiger partial charge on any atom is 1.00 e. The zero-order chi connectivity index (χ0) is 5.21. The van der Waals surface area contributed by atoms with Crippen LogP contribution in [0, 0.1) is 12.3 Å². The van der Waals surface area contributed by atoms with Crippen LogP contribution in [0.15, 0.2) is 0 Å². The Morgan fingerprint density at radius 3 is 1.43 bits per heavy atom. The van der Waals surface area contributed by atoms with Gasteiger partial charge in [0, 0.05) is 0 Å². The van der Waals surface area contributed by atoms with Gasteiger partial charge in [0.1, 0.15) is 0 Å². The van der Waals surface area contributed by atoms with E-state index in [1.165, 1.54) is 0 Å². The van der Waals surface area contributed by atoms with Crippen LogP contribution in [0.5, 0.6) is 0 Å². The quantitative estimate of drug-likeness (QED) is 0.190. The Bertz CT molecular complexity index is 77.2. The molecule has 0 saturated heterocycles. The van der Waals surface area contributed by atoms with Gasteiger partial charge in [0.25, 0.3) is 0 Å². The summed E-state index contributed by atoms with van der Waals surface area (Å²) in [6.07, 6.45) is 0.938. The third-order valence-electron chi connectivity index (χ3n) is 0.142. The van der Waals surface area contributed by atoms with Crippen molar-refractivity contribution in [2.45, 2.75) is 6.18 Å². The molecule has 0 saturated carbocycles. The molecule has 0 aromatic carbocycles. The van der Waals surface area contributed by atoms with Crippen molar-refractivity contribution in [1.82, 2.24) is 0 Å². The zero-order valence-corrected chi connectivity index (χ0v) is 3.63. The van der Waals surface area contributed by atoms with E-state index in [0.29, 0.717) is 5.92 Å². The fourth-order valence-corrected chi connectivity index (χ4v) is 0. The average Bonchev–Trinajstić information content (AvgIpc) is 1.35. The van der Waals surface area contributed by atoms with Gasteiger partial charge in [-0.2, -0.15) is 13.2 Å². The van der Waals surface area contributed by atoms with Gasteiger partial charge in [-0.05, 0) is 0 Å². The molecular formula is C3F3Li. The molecule has 0 aromatic rings. The largest absolute Gasteiger partial charge is 1.00 e. The molecule has 0 aliphatic heterocycles. The number of halogens is 3. The van der Waals surface area contributed by atoms with E-state index in [0.717, 1.165) is 0 Å². The minimum Gasteiger partial charge on any atom is -0.685 e. The van der Waals surface area contributed by atoms with Gasteiger partial charge in [0.2, 0.25) is 0 Å². The molecule has 7 heavy (non-hydrogen) atoms. The fraction of sp³-hybridized carbons (Fsp3) is 0.333. The summed E-state index contributed by atoms with van der Waals surface area (Å²) < 4.78 is 31.5. The molecule has 0 spiro atoms. The molecule has 0 radical (unpaired) electrons. The topological polar surface area (TPSA) is 0 Å². The summed E-state index contributed by atoms with van der Waals surface area (Å²) in [4.78, 5) is 0. The van der Waals surface area contributed by atoms with Crippen LogP contribution in [0.2, 0.25) is 0 Å².